The van der Waals surface area contributed by atoms with Gasteiger partial charge in [-0.05, 0) is 50.1 Å². The topological polar surface area (TPSA) is 50.2 Å². The standard InChI is InChI=1S/C17H17NO2/c1-11-4-5-12(2)15(10-11)16-8-6-14(13(3)18-16)7-9-17(19)20/h4-10H,1-3H3,(H,19,20)/b9-7+. The van der Waals surface area contributed by atoms with Gasteiger partial charge in [-0.2, -0.15) is 0 Å². The number of rotatable bonds is 3. The zero-order valence-electron chi connectivity index (χ0n) is 11.8. The molecule has 2 aromatic rings. The highest BCUT2D eigenvalue weighted by Gasteiger charge is 2.06. The molecule has 0 bridgehead atoms. The van der Waals surface area contributed by atoms with Crippen molar-refractivity contribution in [2.75, 3.05) is 0 Å². The number of pyridine rings is 1. The fourth-order valence-electron chi connectivity index (χ4n) is 2.07. The maximum atomic E-state index is 10.5. The van der Waals surface area contributed by atoms with E-state index in [9.17, 15) is 4.79 Å². The first-order chi connectivity index (χ1) is 9.47. The van der Waals surface area contributed by atoms with Gasteiger partial charge in [-0.1, -0.05) is 23.8 Å². The minimum Gasteiger partial charge on any atom is -0.478 e. The normalized spacial score (nSPS) is 10.9. The van der Waals surface area contributed by atoms with E-state index in [0.717, 1.165) is 28.6 Å². The van der Waals surface area contributed by atoms with E-state index in [4.69, 9.17) is 5.11 Å². The van der Waals surface area contributed by atoms with Crippen LogP contribution in [0.25, 0.3) is 17.3 Å². The third kappa shape index (κ3) is 3.12. The van der Waals surface area contributed by atoms with Gasteiger partial charge in [-0.25, -0.2) is 4.79 Å². The number of benzene rings is 1. The van der Waals surface area contributed by atoms with Crippen LogP contribution in [-0.4, -0.2) is 16.1 Å². The van der Waals surface area contributed by atoms with Gasteiger partial charge >= 0.3 is 5.97 Å². The van der Waals surface area contributed by atoms with E-state index in [0.29, 0.717) is 0 Å². The predicted molar refractivity (Wildman–Crippen MR) is 80.6 cm³/mol. The van der Waals surface area contributed by atoms with Gasteiger partial charge in [0.15, 0.2) is 0 Å². The van der Waals surface area contributed by atoms with Gasteiger partial charge in [-0.3, -0.25) is 4.98 Å². The van der Waals surface area contributed by atoms with Gasteiger partial charge in [-0.15, -0.1) is 0 Å². The molecule has 0 atom stereocenters. The molecular formula is C17H17NO2. The van der Waals surface area contributed by atoms with Crippen LogP contribution >= 0.6 is 0 Å². The van der Waals surface area contributed by atoms with Crippen molar-refractivity contribution >= 4 is 12.0 Å². The molecule has 1 N–H and O–H groups in total. The maximum absolute atomic E-state index is 10.5. The monoisotopic (exact) mass is 267 g/mol. The van der Waals surface area contributed by atoms with E-state index >= 15 is 0 Å². The second-order valence-corrected chi connectivity index (χ2v) is 4.86. The Balaban J connectivity index is 2.43. The lowest BCUT2D eigenvalue weighted by atomic mass is 10.0. The molecule has 20 heavy (non-hydrogen) atoms. The highest BCUT2D eigenvalue weighted by molar-refractivity contribution is 5.85. The average molecular weight is 267 g/mol. The van der Waals surface area contributed by atoms with E-state index in [1.807, 2.05) is 19.1 Å². The maximum Gasteiger partial charge on any atom is 0.328 e. The zero-order chi connectivity index (χ0) is 14.7. The first-order valence-corrected chi connectivity index (χ1v) is 6.43. The third-order valence-electron chi connectivity index (χ3n) is 3.20. The lowest BCUT2D eigenvalue weighted by Gasteiger charge is -2.09. The molecule has 0 aliphatic rings. The highest BCUT2D eigenvalue weighted by Crippen LogP contribution is 2.24. The second kappa shape index (κ2) is 5.70. The Morgan fingerprint density at radius 2 is 1.90 bits per heavy atom. The van der Waals surface area contributed by atoms with Crippen LogP contribution in [0.2, 0.25) is 0 Å². The van der Waals surface area contributed by atoms with Crippen LogP contribution in [0.3, 0.4) is 0 Å². The average Bonchev–Trinajstić information content (AvgIpc) is 2.40. The summed E-state index contributed by atoms with van der Waals surface area (Å²) in [7, 11) is 0. The van der Waals surface area contributed by atoms with Gasteiger partial charge < -0.3 is 5.11 Å². The van der Waals surface area contributed by atoms with Crippen molar-refractivity contribution in [2.24, 2.45) is 0 Å². The number of nitrogens with zero attached hydrogens (tertiary/aromatic N) is 1. The molecule has 1 aromatic carbocycles. The van der Waals surface area contributed by atoms with E-state index < -0.39 is 5.97 Å². The molecule has 0 aliphatic carbocycles. The summed E-state index contributed by atoms with van der Waals surface area (Å²) in [5, 5.41) is 8.66. The van der Waals surface area contributed by atoms with Crippen molar-refractivity contribution < 1.29 is 9.90 Å². The fraction of sp³-hybridized carbons (Fsp3) is 0.176. The molecule has 2 rings (SSSR count). The Hall–Kier alpha value is -2.42. The molecule has 0 aliphatic heterocycles. The van der Waals surface area contributed by atoms with E-state index in [2.05, 4.69) is 37.0 Å². The molecule has 1 heterocycles. The van der Waals surface area contributed by atoms with E-state index in [-0.39, 0.29) is 0 Å². The van der Waals surface area contributed by atoms with Crippen molar-refractivity contribution in [2.45, 2.75) is 20.8 Å². The Kier molecular flexibility index (Phi) is 3.99. The summed E-state index contributed by atoms with van der Waals surface area (Å²) in [5.74, 6) is -0.956. The number of carbonyl (C=O) groups is 1. The van der Waals surface area contributed by atoms with Crippen LogP contribution in [0.5, 0.6) is 0 Å². The minimum absolute atomic E-state index is 0.820. The van der Waals surface area contributed by atoms with Crippen LogP contribution in [0, 0.1) is 20.8 Å². The smallest absolute Gasteiger partial charge is 0.328 e. The largest absolute Gasteiger partial charge is 0.478 e. The minimum atomic E-state index is -0.956. The van der Waals surface area contributed by atoms with Gasteiger partial charge in [0.05, 0.1) is 5.69 Å². The zero-order valence-corrected chi connectivity index (χ0v) is 11.8. The SMILES string of the molecule is Cc1ccc(C)c(-c2ccc(/C=C/C(=O)O)c(C)n2)c1. The van der Waals surface area contributed by atoms with Gasteiger partial charge in [0, 0.05) is 17.3 Å². The van der Waals surface area contributed by atoms with Crippen molar-refractivity contribution in [3.63, 3.8) is 0 Å². The quantitative estimate of drug-likeness (QED) is 0.861. The van der Waals surface area contributed by atoms with Crippen LogP contribution in [0.1, 0.15) is 22.4 Å². The number of carboxylic acid groups (broad SMARTS) is 1. The third-order valence-corrected chi connectivity index (χ3v) is 3.20. The second-order valence-electron chi connectivity index (χ2n) is 4.86. The Bertz CT molecular complexity index is 687. The van der Waals surface area contributed by atoms with Gasteiger partial charge in [0.2, 0.25) is 0 Å². The number of carboxylic acids is 1. The van der Waals surface area contributed by atoms with Gasteiger partial charge in [0.1, 0.15) is 0 Å². The van der Waals surface area contributed by atoms with Crippen molar-refractivity contribution in [1.82, 2.24) is 4.98 Å². The molecule has 0 saturated heterocycles. The summed E-state index contributed by atoms with van der Waals surface area (Å²) in [6, 6.07) is 10.1. The van der Waals surface area contributed by atoms with Crippen LogP contribution in [-0.2, 0) is 4.79 Å². The van der Waals surface area contributed by atoms with Crippen molar-refractivity contribution in [3.8, 4) is 11.3 Å². The van der Waals surface area contributed by atoms with Crippen LogP contribution < -0.4 is 0 Å². The summed E-state index contributed by atoms with van der Waals surface area (Å²) in [6.07, 6.45) is 2.69. The molecular weight excluding hydrogens is 250 g/mol. The number of hydrogen-bond donors (Lipinski definition) is 1. The first kappa shape index (κ1) is 14.0. The molecule has 3 nitrogen and oxygen atoms in total. The van der Waals surface area contributed by atoms with Gasteiger partial charge in [0.25, 0.3) is 0 Å². The molecule has 0 spiro atoms. The molecule has 0 saturated carbocycles. The summed E-state index contributed by atoms with van der Waals surface area (Å²) < 4.78 is 0. The molecule has 0 amide bonds. The lowest BCUT2D eigenvalue weighted by Crippen LogP contribution is -1.94. The van der Waals surface area contributed by atoms with E-state index in [1.165, 1.54) is 11.1 Å². The predicted octanol–water partition coefficient (Wildman–Crippen LogP) is 3.77. The molecule has 0 fully saturated rings. The lowest BCUT2D eigenvalue weighted by molar-refractivity contribution is -0.131. The molecule has 102 valence electrons. The molecule has 0 radical (unpaired) electrons. The van der Waals surface area contributed by atoms with E-state index in [1.54, 1.807) is 6.08 Å². The molecule has 3 heteroatoms. The Morgan fingerprint density at radius 3 is 2.55 bits per heavy atom. The number of aryl methyl sites for hydroxylation is 3. The van der Waals surface area contributed by atoms with Crippen molar-refractivity contribution in [3.05, 3.63) is 58.8 Å². The van der Waals surface area contributed by atoms with Crippen LogP contribution in [0.4, 0.5) is 0 Å². The number of hydrogen-bond acceptors (Lipinski definition) is 2. The van der Waals surface area contributed by atoms with Crippen molar-refractivity contribution in [1.29, 1.82) is 0 Å². The highest BCUT2D eigenvalue weighted by atomic mass is 16.4. The Labute approximate surface area is 118 Å². The summed E-state index contributed by atoms with van der Waals surface area (Å²) in [5.41, 5.74) is 6.04. The number of aromatic nitrogens is 1. The van der Waals surface area contributed by atoms with Crippen LogP contribution in [0.15, 0.2) is 36.4 Å². The summed E-state index contributed by atoms with van der Waals surface area (Å²) in [4.78, 5) is 15.1. The molecule has 1 aromatic heterocycles. The summed E-state index contributed by atoms with van der Waals surface area (Å²) >= 11 is 0. The Morgan fingerprint density at radius 1 is 1.15 bits per heavy atom. The summed E-state index contributed by atoms with van der Waals surface area (Å²) in [6.45, 7) is 6.00. The first-order valence-electron chi connectivity index (χ1n) is 6.43. The number of aliphatic carboxylic acids is 1. The molecule has 0 unspecified atom stereocenters. The fourth-order valence-corrected chi connectivity index (χ4v) is 2.07.